The molecule has 132 valence electrons. The lowest BCUT2D eigenvalue weighted by Crippen LogP contribution is -2.35. The van der Waals surface area contributed by atoms with Gasteiger partial charge in [0.2, 0.25) is 0 Å². The van der Waals surface area contributed by atoms with Gasteiger partial charge in [-0.3, -0.25) is 4.79 Å². The number of benzene rings is 1. The fraction of sp³-hybridized carbons (Fsp3) is 0.474. The van der Waals surface area contributed by atoms with E-state index in [1.165, 1.54) is 24.0 Å². The average Bonchev–Trinajstić information content (AvgIpc) is 3.31. The third-order valence-electron chi connectivity index (χ3n) is 4.76. The Hall–Kier alpha value is -2.34. The highest BCUT2D eigenvalue weighted by molar-refractivity contribution is 5.92. The van der Waals surface area contributed by atoms with E-state index in [1.54, 1.807) is 6.07 Å². The standard InChI is InChI=1S/C19H22N2O4/c22-19(20-15-7-8-23-11-15)18-10-17(25-21-18)12-24-16-6-5-13-3-1-2-4-14(13)9-16/h5-6,9-10,15H,1-4,7-8,11-12H2,(H,20,22). The Labute approximate surface area is 146 Å². The summed E-state index contributed by atoms with van der Waals surface area (Å²) in [7, 11) is 0. The smallest absolute Gasteiger partial charge is 0.273 e. The molecule has 2 aliphatic rings. The Kier molecular flexibility index (Phi) is 4.70. The molecule has 1 saturated heterocycles. The Morgan fingerprint density at radius 2 is 2.12 bits per heavy atom. The first-order valence-electron chi connectivity index (χ1n) is 8.87. The maximum atomic E-state index is 12.1. The van der Waals surface area contributed by atoms with Crippen LogP contribution in [0.15, 0.2) is 28.8 Å². The molecular weight excluding hydrogens is 320 g/mol. The maximum absolute atomic E-state index is 12.1. The van der Waals surface area contributed by atoms with Crippen molar-refractivity contribution in [3.63, 3.8) is 0 Å². The predicted molar refractivity (Wildman–Crippen MR) is 90.6 cm³/mol. The number of nitrogens with one attached hydrogen (secondary N) is 1. The van der Waals surface area contributed by atoms with Crippen molar-refractivity contribution in [2.75, 3.05) is 13.2 Å². The lowest BCUT2D eigenvalue weighted by molar-refractivity contribution is 0.0920. The molecule has 1 fully saturated rings. The molecule has 1 N–H and O–H groups in total. The number of fused-ring (bicyclic) bond motifs is 1. The normalized spacial score (nSPS) is 19.4. The quantitative estimate of drug-likeness (QED) is 0.904. The van der Waals surface area contributed by atoms with Gasteiger partial charge in [-0.2, -0.15) is 0 Å². The van der Waals surface area contributed by atoms with Crippen molar-refractivity contribution >= 4 is 5.91 Å². The van der Waals surface area contributed by atoms with Gasteiger partial charge in [0.1, 0.15) is 12.4 Å². The zero-order valence-corrected chi connectivity index (χ0v) is 14.1. The Balaban J connectivity index is 1.34. The fourth-order valence-corrected chi connectivity index (χ4v) is 3.35. The minimum atomic E-state index is -0.237. The number of aryl methyl sites for hydroxylation is 2. The number of nitrogens with zero attached hydrogens (tertiary/aromatic N) is 1. The zero-order valence-electron chi connectivity index (χ0n) is 14.1. The molecule has 2 aromatic rings. The fourth-order valence-electron chi connectivity index (χ4n) is 3.35. The monoisotopic (exact) mass is 342 g/mol. The maximum Gasteiger partial charge on any atom is 0.273 e. The minimum Gasteiger partial charge on any atom is -0.486 e. The molecule has 1 aliphatic heterocycles. The average molecular weight is 342 g/mol. The molecule has 1 aliphatic carbocycles. The number of hydrogen-bond acceptors (Lipinski definition) is 5. The number of carbonyl (C=O) groups excluding carboxylic acids is 1. The molecular formula is C19H22N2O4. The van der Waals surface area contributed by atoms with Gasteiger partial charge in [-0.05, 0) is 55.4 Å². The summed E-state index contributed by atoms with van der Waals surface area (Å²) in [5, 5.41) is 6.72. The van der Waals surface area contributed by atoms with Crippen LogP contribution in [0.1, 0.15) is 46.6 Å². The summed E-state index contributed by atoms with van der Waals surface area (Å²) in [6.45, 7) is 1.49. The van der Waals surface area contributed by atoms with Crippen LogP contribution in [0, 0.1) is 0 Å². The number of hydrogen-bond donors (Lipinski definition) is 1. The van der Waals surface area contributed by atoms with Crippen LogP contribution < -0.4 is 10.1 Å². The van der Waals surface area contributed by atoms with Gasteiger partial charge in [-0.1, -0.05) is 11.2 Å². The van der Waals surface area contributed by atoms with E-state index in [2.05, 4.69) is 22.6 Å². The van der Waals surface area contributed by atoms with Crippen LogP contribution in [0.5, 0.6) is 5.75 Å². The number of rotatable bonds is 5. The molecule has 0 saturated carbocycles. The lowest BCUT2D eigenvalue weighted by Gasteiger charge is -2.16. The van der Waals surface area contributed by atoms with Crippen LogP contribution in [0.3, 0.4) is 0 Å². The van der Waals surface area contributed by atoms with Gasteiger partial charge in [-0.15, -0.1) is 0 Å². The number of carbonyl (C=O) groups is 1. The first-order chi connectivity index (χ1) is 12.3. The zero-order chi connectivity index (χ0) is 17.1. The van der Waals surface area contributed by atoms with Crippen LogP contribution >= 0.6 is 0 Å². The van der Waals surface area contributed by atoms with E-state index >= 15 is 0 Å². The molecule has 1 atom stereocenters. The largest absolute Gasteiger partial charge is 0.486 e. The summed E-state index contributed by atoms with van der Waals surface area (Å²) in [5.41, 5.74) is 3.07. The van der Waals surface area contributed by atoms with Gasteiger partial charge in [-0.25, -0.2) is 0 Å². The van der Waals surface area contributed by atoms with Crippen LogP contribution in [0.2, 0.25) is 0 Å². The SMILES string of the molecule is O=C(NC1CCOC1)c1cc(COc2ccc3c(c2)CCCC3)on1. The molecule has 6 heteroatoms. The van der Waals surface area contributed by atoms with Gasteiger partial charge >= 0.3 is 0 Å². The van der Waals surface area contributed by atoms with Crippen molar-refractivity contribution in [2.45, 2.75) is 44.8 Å². The van der Waals surface area contributed by atoms with Crippen molar-refractivity contribution in [3.05, 3.63) is 46.8 Å². The van der Waals surface area contributed by atoms with Gasteiger partial charge in [0.25, 0.3) is 5.91 Å². The highest BCUT2D eigenvalue weighted by Crippen LogP contribution is 2.25. The second-order valence-electron chi connectivity index (χ2n) is 6.64. The van der Waals surface area contributed by atoms with Crippen molar-refractivity contribution in [2.24, 2.45) is 0 Å². The van der Waals surface area contributed by atoms with Crippen LogP contribution in [0.4, 0.5) is 0 Å². The highest BCUT2D eigenvalue weighted by atomic mass is 16.5. The summed E-state index contributed by atoms with van der Waals surface area (Å²) in [6, 6.07) is 7.93. The summed E-state index contributed by atoms with van der Waals surface area (Å²) in [4.78, 5) is 12.1. The summed E-state index contributed by atoms with van der Waals surface area (Å²) in [6.07, 6.45) is 5.61. The molecule has 0 radical (unpaired) electrons. The number of aromatic nitrogens is 1. The number of ether oxygens (including phenoxy) is 2. The minimum absolute atomic E-state index is 0.0550. The third kappa shape index (κ3) is 3.85. The molecule has 2 heterocycles. The third-order valence-corrected chi connectivity index (χ3v) is 4.76. The predicted octanol–water partition coefficient (Wildman–Crippen LogP) is 2.65. The van der Waals surface area contributed by atoms with E-state index in [1.807, 2.05) is 6.07 Å². The Morgan fingerprint density at radius 1 is 1.24 bits per heavy atom. The molecule has 4 rings (SSSR count). The van der Waals surface area contributed by atoms with E-state index in [9.17, 15) is 4.79 Å². The molecule has 1 aromatic carbocycles. The van der Waals surface area contributed by atoms with Crippen LogP contribution in [0.25, 0.3) is 0 Å². The molecule has 1 aromatic heterocycles. The Morgan fingerprint density at radius 3 is 2.96 bits per heavy atom. The number of amides is 1. The van der Waals surface area contributed by atoms with E-state index in [4.69, 9.17) is 14.0 Å². The van der Waals surface area contributed by atoms with Gasteiger partial charge < -0.3 is 19.3 Å². The van der Waals surface area contributed by atoms with Crippen molar-refractivity contribution < 1.29 is 18.8 Å². The van der Waals surface area contributed by atoms with Crippen LogP contribution in [-0.2, 0) is 24.2 Å². The molecule has 0 spiro atoms. The summed E-state index contributed by atoms with van der Waals surface area (Å²) < 4.78 is 16.3. The van der Waals surface area contributed by atoms with E-state index < -0.39 is 0 Å². The summed E-state index contributed by atoms with van der Waals surface area (Å²) in [5.74, 6) is 1.12. The van der Waals surface area contributed by atoms with E-state index in [-0.39, 0.29) is 24.2 Å². The summed E-state index contributed by atoms with van der Waals surface area (Å²) >= 11 is 0. The van der Waals surface area contributed by atoms with Gasteiger partial charge in [0.15, 0.2) is 11.5 Å². The molecule has 0 bridgehead atoms. The van der Waals surface area contributed by atoms with E-state index in [0.29, 0.717) is 19.0 Å². The van der Waals surface area contributed by atoms with Crippen molar-refractivity contribution in [1.82, 2.24) is 10.5 Å². The van der Waals surface area contributed by atoms with E-state index in [0.717, 1.165) is 25.0 Å². The first kappa shape index (κ1) is 16.1. The topological polar surface area (TPSA) is 73.6 Å². The van der Waals surface area contributed by atoms with Crippen molar-refractivity contribution in [1.29, 1.82) is 0 Å². The van der Waals surface area contributed by atoms with Crippen LogP contribution in [-0.4, -0.2) is 30.3 Å². The first-order valence-corrected chi connectivity index (χ1v) is 8.87. The highest BCUT2D eigenvalue weighted by Gasteiger charge is 2.21. The second kappa shape index (κ2) is 7.27. The van der Waals surface area contributed by atoms with Gasteiger partial charge in [0, 0.05) is 12.7 Å². The molecule has 6 nitrogen and oxygen atoms in total. The lowest BCUT2D eigenvalue weighted by atomic mass is 9.92. The Bertz CT molecular complexity index is 750. The van der Waals surface area contributed by atoms with Gasteiger partial charge in [0.05, 0.1) is 12.6 Å². The van der Waals surface area contributed by atoms with Crippen molar-refractivity contribution in [3.8, 4) is 5.75 Å². The molecule has 1 amide bonds. The second-order valence-corrected chi connectivity index (χ2v) is 6.64. The molecule has 1 unspecified atom stereocenters. The molecule has 25 heavy (non-hydrogen) atoms.